The molecule has 3 unspecified atom stereocenters. The van der Waals surface area contributed by atoms with E-state index in [0.717, 1.165) is 13.0 Å². The highest BCUT2D eigenvalue weighted by atomic mass is 16.5. The van der Waals surface area contributed by atoms with Crippen LogP contribution in [0.1, 0.15) is 50.4 Å². The van der Waals surface area contributed by atoms with Gasteiger partial charge in [0, 0.05) is 6.54 Å². The van der Waals surface area contributed by atoms with Crippen molar-refractivity contribution in [3.8, 4) is 0 Å². The lowest BCUT2D eigenvalue weighted by molar-refractivity contribution is -0.127. The molecule has 1 fully saturated rings. The smallest absolute Gasteiger partial charge is 0.255 e. The molecule has 1 aromatic heterocycles. The monoisotopic (exact) mass is 421 g/mol. The van der Waals surface area contributed by atoms with Crippen LogP contribution in [-0.2, 0) is 14.3 Å². The minimum Gasteiger partial charge on any atom is -0.472 e. The molecule has 0 aliphatic carbocycles. The number of hydrogen-bond acceptors (Lipinski definition) is 6. The van der Waals surface area contributed by atoms with Gasteiger partial charge in [0.25, 0.3) is 5.91 Å². The topological polar surface area (TPSA) is 101 Å². The molecular formula is C22H35N3O5. The van der Waals surface area contributed by atoms with Crippen LogP contribution < -0.4 is 10.6 Å². The highest BCUT2D eigenvalue weighted by molar-refractivity contribution is 5.98. The zero-order valence-electron chi connectivity index (χ0n) is 18.6. The van der Waals surface area contributed by atoms with Gasteiger partial charge in [0.05, 0.1) is 17.9 Å². The van der Waals surface area contributed by atoms with Crippen molar-refractivity contribution < 1.29 is 23.5 Å². The number of Topliss-reactive ketones (excluding diaryl/α,β-unsaturated/α-hetero) is 1. The van der Waals surface area contributed by atoms with Crippen molar-refractivity contribution in [1.29, 1.82) is 0 Å². The van der Waals surface area contributed by atoms with E-state index in [1.165, 1.54) is 12.5 Å². The van der Waals surface area contributed by atoms with Crippen LogP contribution in [-0.4, -0.2) is 67.9 Å². The quantitative estimate of drug-likeness (QED) is 0.566. The third-order valence-electron chi connectivity index (χ3n) is 5.77. The number of carbonyl (C=O) groups is 3. The third kappa shape index (κ3) is 6.95. The molecule has 1 aliphatic rings. The summed E-state index contributed by atoms with van der Waals surface area (Å²) in [4.78, 5) is 39.8. The summed E-state index contributed by atoms with van der Waals surface area (Å²) in [7, 11) is 3.89. The van der Waals surface area contributed by atoms with Crippen molar-refractivity contribution in [2.75, 3.05) is 27.2 Å². The maximum Gasteiger partial charge on any atom is 0.255 e. The van der Waals surface area contributed by atoms with Crippen LogP contribution in [0.5, 0.6) is 0 Å². The van der Waals surface area contributed by atoms with E-state index in [9.17, 15) is 14.4 Å². The first-order chi connectivity index (χ1) is 14.2. The molecule has 0 bridgehead atoms. The Morgan fingerprint density at radius 1 is 1.23 bits per heavy atom. The van der Waals surface area contributed by atoms with Crippen LogP contribution in [0.2, 0.25) is 0 Å². The lowest BCUT2D eigenvalue weighted by Gasteiger charge is -2.25. The molecular weight excluding hydrogens is 386 g/mol. The standard InChI is InChI=1S/C22H35N3O5/c1-14(2)15(3)6-7-17(23-21(27)16-9-11-29-12-16)22(28)24-20-18(26)13-30-19(20)8-10-25(4)5/h9,11-12,14-15,17,19-20H,6-8,10,13H2,1-5H3,(H,23,27)(H,24,28)/t15?,17-,19?,20?/m0/s1. The fraction of sp³-hybridized carbons (Fsp3) is 0.682. The zero-order valence-corrected chi connectivity index (χ0v) is 18.6. The summed E-state index contributed by atoms with van der Waals surface area (Å²) in [5, 5.41) is 5.63. The van der Waals surface area contributed by atoms with Gasteiger partial charge in [0.1, 0.15) is 25.0 Å². The Labute approximate surface area is 178 Å². The van der Waals surface area contributed by atoms with Gasteiger partial charge in [-0.2, -0.15) is 0 Å². The molecule has 2 heterocycles. The minimum absolute atomic E-state index is 0.000525. The van der Waals surface area contributed by atoms with Gasteiger partial charge in [-0.05, 0) is 51.3 Å². The molecule has 168 valence electrons. The molecule has 1 aromatic rings. The van der Waals surface area contributed by atoms with Crippen molar-refractivity contribution in [3.63, 3.8) is 0 Å². The summed E-state index contributed by atoms with van der Waals surface area (Å²) in [6.45, 7) is 7.14. The third-order valence-corrected chi connectivity index (χ3v) is 5.77. The van der Waals surface area contributed by atoms with E-state index < -0.39 is 12.1 Å². The van der Waals surface area contributed by atoms with Gasteiger partial charge in [-0.25, -0.2) is 0 Å². The molecule has 0 aromatic carbocycles. The summed E-state index contributed by atoms with van der Waals surface area (Å²) >= 11 is 0. The van der Waals surface area contributed by atoms with E-state index in [0.29, 0.717) is 30.2 Å². The van der Waals surface area contributed by atoms with Crippen LogP contribution in [0, 0.1) is 11.8 Å². The van der Waals surface area contributed by atoms with Gasteiger partial charge in [-0.1, -0.05) is 20.8 Å². The second kappa shape index (κ2) is 11.3. The van der Waals surface area contributed by atoms with Gasteiger partial charge >= 0.3 is 0 Å². The number of carbonyl (C=O) groups excluding carboxylic acids is 3. The molecule has 8 nitrogen and oxygen atoms in total. The molecule has 2 N–H and O–H groups in total. The maximum absolute atomic E-state index is 13.0. The van der Waals surface area contributed by atoms with Crippen LogP contribution in [0.4, 0.5) is 0 Å². The average molecular weight is 422 g/mol. The number of nitrogens with zero attached hydrogens (tertiary/aromatic N) is 1. The Hall–Kier alpha value is -2.19. The van der Waals surface area contributed by atoms with Gasteiger partial charge in [-0.3, -0.25) is 14.4 Å². The molecule has 2 rings (SSSR count). The van der Waals surface area contributed by atoms with E-state index in [1.807, 2.05) is 19.0 Å². The highest BCUT2D eigenvalue weighted by Gasteiger charge is 2.38. The van der Waals surface area contributed by atoms with Crippen molar-refractivity contribution in [3.05, 3.63) is 24.2 Å². The normalized spacial score (nSPS) is 21.1. The Balaban J connectivity index is 2.06. The van der Waals surface area contributed by atoms with Gasteiger partial charge < -0.3 is 24.7 Å². The lowest BCUT2D eigenvalue weighted by atomic mass is 9.91. The van der Waals surface area contributed by atoms with Crippen LogP contribution in [0.3, 0.4) is 0 Å². The molecule has 1 saturated heterocycles. The summed E-state index contributed by atoms with van der Waals surface area (Å²) < 4.78 is 10.6. The van der Waals surface area contributed by atoms with Gasteiger partial charge in [0.2, 0.25) is 5.91 Å². The summed E-state index contributed by atoms with van der Waals surface area (Å²) in [5.74, 6) is -0.00255. The first-order valence-corrected chi connectivity index (χ1v) is 10.6. The van der Waals surface area contributed by atoms with Crippen molar-refractivity contribution in [2.45, 2.75) is 58.2 Å². The minimum atomic E-state index is -0.739. The molecule has 0 spiro atoms. The second-order valence-corrected chi connectivity index (χ2v) is 8.73. The molecule has 8 heteroatoms. The largest absolute Gasteiger partial charge is 0.472 e. The second-order valence-electron chi connectivity index (χ2n) is 8.73. The first-order valence-electron chi connectivity index (χ1n) is 10.6. The maximum atomic E-state index is 13.0. The predicted octanol–water partition coefficient (Wildman–Crippen LogP) is 1.85. The summed E-state index contributed by atoms with van der Waals surface area (Å²) in [5.41, 5.74) is 0.355. The fourth-order valence-corrected chi connectivity index (χ4v) is 3.31. The van der Waals surface area contributed by atoms with Gasteiger partial charge in [-0.15, -0.1) is 0 Å². The highest BCUT2D eigenvalue weighted by Crippen LogP contribution is 2.19. The van der Waals surface area contributed by atoms with E-state index >= 15 is 0 Å². The SMILES string of the molecule is CC(C)C(C)CC[C@H](NC(=O)c1ccoc1)C(=O)NC1C(=O)COC1CCN(C)C. The predicted molar refractivity (Wildman–Crippen MR) is 113 cm³/mol. The van der Waals surface area contributed by atoms with Crippen LogP contribution in [0.25, 0.3) is 0 Å². The zero-order chi connectivity index (χ0) is 22.3. The number of ketones is 1. The van der Waals surface area contributed by atoms with Crippen LogP contribution >= 0.6 is 0 Å². The van der Waals surface area contributed by atoms with E-state index in [2.05, 4.69) is 31.4 Å². The lowest BCUT2D eigenvalue weighted by Crippen LogP contribution is -2.53. The Morgan fingerprint density at radius 2 is 1.97 bits per heavy atom. The van der Waals surface area contributed by atoms with Crippen LogP contribution in [0.15, 0.2) is 23.0 Å². The molecule has 0 radical (unpaired) electrons. The molecule has 2 amide bonds. The Kier molecular flexibility index (Phi) is 9.05. The van der Waals surface area contributed by atoms with E-state index in [4.69, 9.17) is 9.15 Å². The number of rotatable bonds is 11. The number of nitrogens with one attached hydrogen (secondary N) is 2. The van der Waals surface area contributed by atoms with Crippen molar-refractivity contribution in [2.24, 2.45) is 11.8 Å². The Morgan fingerprint density at radius 3 is 2.57 bits per heavy atom. The molecule has 0 saturated carbocycles. The fourth-order valence-electron chi connectivity index (χ4n) is 3.31. The van der Waals surface area contributed by atoms with Crippen molar-refractivity contribution in [1.82, 2.24) is 15.5 Å². The average Bonchev–Trinajstić information content (AvgIpc) is 3.34. The summed E-state index contributed by atoms with van der Waals surface area (Å²) in [6, 6.07) is 0.122. The summed E-state index contributed by atoms with van der Waals surface area (Å²) in [6.07, 6.45) is 4.30. The number of furan rings is 1. The Bertz CT molecular complexity index is 702. The molecule has 30 heavy (non-hydrogen) atoms. The van der Waals surface area contributed by atoms with E-state index in [-0.39, 0.29) is 30.3 Å². The number of amides is 2. The molecule has 1 aliphatic heterocycles. The first kappa shape index (κ1) is 24.1. The molecule has 4 atom stereocenters. The van der Waals surface area contributed by atoms with Gasteiger partial charge in [0.15, 0.2) is 5.78 Å². The van der Waals surface area contributed by atoms with E-state index in [1.54, 1.807) is 6.07 Å². The number of ether oxygens (including phenoxy) is 1. The van der Waals surface area contributed by atoms with Crippen molar-refractivity contribution >= 4 is 17.6 Å². The number of hydrogen-bond donors (Lipinski definition) is 2.